The van der Waals surface area contributed by atoms with Crippen LogP contribution in [0, 0.1) is 0 Å². The third kappa shape index (κ3) is 1.72. The summed E-state index contributed by atoms with van der Waals surface area (Å²) in [6, 6.07) is 9.58. The normalized spacial score (nSPS) is 10.0. The topological polar surface area (TPSA) is 63.6 Å². The molecule has 0 radical (unpaired) electrons. The van der Waals surface area contributed by atoms with Gasteiger partial charge in [-0.3, -0.25) is 4.79 Å². The fourth-order valence-corrected chi connectivity index (χ4v) is 1.56. The van der Waals surface area contributed by atoms with E-state index >= 15 is 0 Å². The van der Waals surface area contributed by atoms with E-state index in [4.69, 9.17) is 0 Å². The van der Waals surface area contributed by atoms with E-state index in [1.807, 2.05) is 0 Å². The minimum Gasteiger partial charge on any atom is -0.508 e. The van der Waals surface area contributed by atoms with Crippen molar-refractivity contribution in [2.75, 3.05) is 0 Å². The maximum absolute atomic E-state index is 11.4. The predicted molar refractivity (Wildman–Crippen MR) is 57.1 cm³/mol. The van der Waals surface area contributed by atoms with Crippen LogP contribution < -0.4 is 0 Å². The molecule has 1 N–H and O–H groups in total. The van der Waals surface area contributed by atoms with Crippen molar-refractivity contribution in [3.63, 3.8) is 0 Å². The second-order valence-electron chi connectivity index (χ2n) is 3.21. The molecule has 0 saturated carbocycles. The molecule has 16 heavy (non-hydrogen) atoms. The molecule has 0 amide bonds. The van der Waals surface area contributed by atoms with Gasteiger partial charge in [0.1, 0.15) is 5.75 Å². The van der Waals surface area contributed by atoms with Crippen LogP contribution in [0.1, 0.15) is 10.4 Å². The van der Waals surface area contributed by atoms with Crippen LogP contribution in [0.15, 0.2) is 36.4 Å². The zero-order chi connectivity index (χ0) is 11.5. The maximum Gasteiger partial charge on any atom is 0.346 e. The Hall–Kier alpha value is -2.36. The highest BCUT2D eigenvalue weighted by atomic mass is 16.6. The van der Waals surface area contributed by atoms with Crippen LogP contribution >= 0.6 is 0 Å². The lowest BCUT2D eigenvalue weighted by molar-refractivity contribution is -0.123. The summed E-state index contributed by atoms with van der Waals surface area (Å²) in [4.78, 5) is 21.5. The molecule has 4 heteroatoms. The standard InChI is InChI=1S/C12H8O4/c13-7-16-12(15)11-3-1-2-8-6-9(14)4-5-10(8)11/h1-7,14H. The molecule has 0 atom stereocenters. The molecule has 0 spiro atoms. The average molecular weight is 216 g/mol. The average Bonchev–Trinajstić information content (AvgIpc) is 2.28. The van der Waals surface area contributed by atoms with Crippen molar-refractivity contribution in [1.29, 1.82) is 0 Å². The number of benzene rings is 2. The van der Waals surface area contributed by atoms with Gasteiger partial charge in [-0.15, -0.1) is 0 Å². The molecule has 0 aliphatic carbocycles. The Morgan fingerprint density at radius 2 is 2.06 bits per heavy atom. The van der Waals surface area contributed by atoms with Crippen molar-refractivity contribution in [2.45, 2.75) is 0 Å². The van der Waals surface area contributed by atoms with E-state index in [1.54, 1.807) is 24.3 Å². The molecule has 2 rings (SSSR count). The lowest BCUT2D eigenvalue weighted by Gasteiger charge is -2.03. The van der Waals surface area contributed by atoms with Gasteiger partial charge in [-0.1, -0.05) is 12.1 Å². The van der Waals surface area contributed by atoms with E-state index in [0.717, 1.165) is 0 Å². The molecule has 80 valence electrons. The second kappa shape index (κ2) is 4.02. The van der Waals surface area contributed by atoms with Crippen molar-refractivity contribution < 1.29 is 19.4 Å². The first-order valence-corrected chi connectivity index (χ1v) is 4.59. The fourth-order valence-electron chi connectivity index (χ4n) is 1.56. The summed E-state index contributed by atoms with van der Waals surface area (Å²) in [6.45, 7) is 0.0988. The Kier molecular flexibility index (Phi) is 2.55. The van der Waals surface area contributed by atoms with Gasteiger partial charge in [0.2, 0.25) is 0 Å². The molecule has 0 fully saturated rings. The van der Waals surface area contributed by atoms with Gasteiger partial charge in [0.25, 0.3) is 0 Å². The Labute approximate surface area is 91.1 Å². The molecule has 2 aromatic rings. The van der Waals surface area contributed by atoms with E-state index in [9.17, 15) is 14.7 Å². The molecular weight excluding hydrogens is 208 g/mol. The van der Waals surface area contributed by atoms with Crippen LogP contribution in [0.4, 0.5) is 0 Å². The van der Waals surface area contributed by atoms with Crippen LogP contribution in [-0.4, -0.2) is 17.5 Å². The summed E-state index contributed by atoms with van der Waals surface area (Å²) in [6.07, 6.45) is 0. The van der Waals surface area contributed by atoms with Gasteiger partial charge in [0, 0.05) is 0 Å². The van der Waals surface area contributed by atoms with Crippen LogP contribution in [0.2, 0.25) is 0 Å². The Bertz CT molecular complexity index is 560. The number of rotatable bonds is 2. The minimum absolute atomic E-state index is 0.0988. The van der Waals surface area contributed by atoms with Crippen LogP contribution in [0.3, 0.4) is 0 Å². The van der Waals surface area contributed by atoms with Crippen LogP contribution in [0.25, 0.3) is 10.8 Å². The molecule has 0 saturated heterocycles. The lowest BCUT2D eigenvalue weighted by Crippen LogP contribution is -2.03. The molecular formula is C12H8O4. The summed E-state index contributed by atoms with van der Waals surface area (Å²) in [5.41, 5.74) is 0.296. The van der Waals surface area contributed by atoms with E-state index < -0.39 is 5.97 Å². The molecule has 0 aromatic heterocycles. The Morgan fingerprint density at radius 3 is 2.81 bits per heavy atom. The first kappa shape index (κ1) is 10.2. The first-order valence-electron chi connectivity index (χ1n) is 4.59. The molecule has 4 nitrogen and oxygen atoms in total. The highest BCUT2D eigenvalue weighted by Gasteiger charge is 2.10. The summed E-state index contributed by atoms with van der Waals surface area (Å²) >= 11 is 0. The van der Waals surface area contributed by atoms with Gasteiger partial charge in [0.05, 0.1) is 5.56 Å². The number of hydrogen-bond acceptors (Lipinski definition) is 4. The highest BCUT2D eigenvalue weighted by molar-refractivity contribution is 6.06. The van der Waals surface area contributed by atoms with Gasteiger partial charge < -0.3 is 9.84 Å². The Balaban J connectivity index is 2.62. The molecule has 0 heterocycles. The van der Waals surface area contributed by atoms with Crippen molar-refractivity contribution >= 4 is 23.2 Å². The van der Waals surface area contributed by atoms with E-state index in [2.05, 4.69) is 4.74 Å². The SMILES string of the molecule is O=COC(=O)c1cccc2cc(O)ccc12. The van der Waals surface area contributed by atoms with Gasteiger partial charge in [-0.25, -0.2) is 4.79 Å². The molecule has 0 bridgehead atoms. The van der Waals surface area contributed by atoms with Crippen molar-refractivity contribution in [3.05, 3.63) is 42.0 Å². The second-order valence-corrected chi connectivity index (χ2v) is 3.21. The predicted octanol–water partition coefficient (Wildman–Crippen LogP) is 1.86. The summed E-state index contributed by atoms with van der Waals surface area (Å²) in [5.74, 6) is -0.584. The number of aromatic hydroxyl groups is 1. The number of ether oxygens (including phenoxy) is 1. The van der Waals surface area contributed by atoms with Crippen molar-refractivity contribution in [3.8, 4) is 5.75 Å². The number of carbonyl (C=O) groups is 2. The van der Waals surface area contributed by atoms with Crippen molar-refractivity contribution in [1.82, 2.24) is 0 Å². The largest absolute Gasteiger partial charge is 0.508 e. The van der Waals surface area contributed by atoms with Crippen LogP contribution in [-0.2, 0) is 9.53 Å². The number of carbonyl (C=O) groups excluding carboxylic acids is 2. The smallest absolute Gasteiger partial charge is 0.346 e. The zero-order valence-electron chi connectivity index (χ0n) is 8.21. The Morgan fingerprint density at radius 1 is 1.25 bits per heavy atom. The quantitative estimate of drug-likeness (QED) is 0.472. The van der Waals surface area contributed by atoms with E-state index in [0.29, 0.717) is 16.3 Å². The third-order valence-electron chi connectivity index (χ3n) is 2.24. The van der Waals surface area contributed by atoms with Crippen molar-refractivity contribution in [2.24, 2.45) is 0 Å². The lowest BCUT2D eigenvalue weighted by atomic mass is 10.0. The summed E-state index contributed by atoms with van der Waals surface area (Å²) < 4.78 is 4.28. The van der Waals surface area contributed by atoms with E-state index in [-0.39, 0.29) is 12.2 Å². The molecule has 0 aliphatic heterocycles. The first-order chi connectivity index (χ1) is 7.72. The summed E-state index contributed by atoms with van der Waals surface area (Å²) in [5, 5.41) is 10.6. The number of esters is 1. The number of fused-ring (bicyclic) bond motifs is 1. The van der Waals surface area contributed by atoms with E-state index in [1.165, 1.54) is 12.1 Å². The molecule has 2 aromatic carbocycles. The maximum atomic E-state index is 11.4. The van der Waals surface area contributed by atoms with Gasteiger partial charge >= 0.3 is 12.4 Å². The summed E-state index contributed by atoms with van der Waals surface area (Å²) in [7, 11) is 0. The molecule has 0 aliphatic rings. The number of phenols is 1. The fraction of sp³-hybridized carbons (Fsp3) is 0. The zero-order valence-corrected chi connectivity index (χ0v) is 8.21. The monoisotopic (exact) mass is 216 g/mol. The number of hydrogen-bond donors (Lipinski definition) is 1. The van der Waals surface area contributed by atoms with Gasteiger partial charge in [0.15, 0.2) is 0 Å². The molecule has 0 unspecified atom stereocenters. The minimum atomic E-state index is -0.703. The number of phenolic OH excluding ortho intramolecular Hbond substituents is 1. The van der Waals surface area contributed by atoms with Gasteiger partial charge in [-0.2, -0.15) is 0 Å². The highest BCUT2D eigenvalue weighted by Crippen LogP contribution is 2.23. The van der Waals surface area contributed by atoms with Gasteiger partial charge in [-0.05, 0) is 35.0 Å². The third-order valence-corrected chi connectivity index (χ3v) is 2.24. The van der Waals surface area contributed by atoms with Crippen LogP contribution in [0.5, 0.6) is 5.75 Å².